The fraction of sp³-hybridized carbons (Fsp3) is 0.636. The van der Waals surface area contributed by atoms with Crippen molar-refractivity contribution in [2.45, 2.75) is 70.9 Å². The molecular formula is C33H50F2N9P3. The number of nitrogens with zero attached hydrogens (tertiary/aromatic N) is 9. The standard InChI is InChI=1S/C33H50F2N9P3/c34-32-14-10-30(11-15-32)28-43-26-9-27-44(29-31-12-16-33(35)17-13-31)47(43)37-45(39-18-1-2-19-39,40-20-3-4-21-40)36-46(38-47,41-22-5-6-23-41)42-24-7-8-25-42/h10-17H,1-9,18-29H2. The number of benzene rings is 2. The molecule has 5 fully saturated rings. The van der Waals surface area contributed by atoms with E-state index in [1.165, 1.54) is 51.4 Å². The third-order valence-corrected chi connectivity index (χ3v) is 23.3. The molecule has 256 valence electrons. The van der Waals surface area contributed by atoms with Gasteiger partial charge in [-0.1, -0.05) is 24.3 Å². The van der Waals surface area contributed by atoms with Crippen LogP contribution in [0, 0.1) is 11.6 Å². The Hall–Kier alpha value is -1.25. The summed E-state index contributed by atoms with van der Waals surface area (Å²) in [7, 11) is -7.77. The highest BCUT2D eigenvalue weighted by molar-refractivity contribution is 7.83. The van der Waals surface area contributed by atoms with E-state index in [4.69, 9.17) is 13.5 Å². The highest BCUT2D eigenvalue weighted by Crippen LogP contribution is 2.85. The Kier molecular flexibility index (Phi) is 9.68. The zero-order valence-electron chi connectivity index (χ0n) is 27.6. The minimum Gasteiger partial charge on any atom is -0.240 e. The third kappa shape index (κ3) is 6.21. The monoisotopic (exact) mass is 703 g/mol. The zero-order chi connectivity index (χ0) is 31.9. The van der Waals surface area contributed by atoms with Gasteiger partial charge >= 0.3 is 0 Å². The van der Waals surface area contributed by atoms with Crippen molar-refractivity contribution >= 4 is 22.5 Å². The van der Waals surface area contributed by atoms with Crippen LogP contribution in [-0.2, 0) is 13.1 Å². The maximum atomic E-state index is 14.1. The van der Waals surface area contributed by atoms with E-state index in [1.54, 1.807) is 24.3 Å². The molecule has 0 aromatic heterocycles. The van der Waals surface area contributed by atoms with Gasteiger partial charge in [0.25, 0.3) is 0 Å². The van der Waals surface area contributed by atoms with Gasteiger partial charge in [-0.3, -0.25) is 0 Å². The van der Waals surface area contributed by atoms with Gasteiger partial charge in [0, 0.05) is 78.5 Å². The van der Waals surface area contributed by atoms with Gasteiger partial charge in [0.1, 0.15) is 11.6 Å². The molecule has 0 amide bonds. The maximum absolute atomic E-state index is 14.1. The fourth-order valence-electron chi connectivity index (χ4n) is 8.28. The summed E-state index contributed by atoms with van der Waals surface area (Å²) in [6.45, 7) is 11.6. The molecule has 0 bridgehead atoms. The van der Waals surface area contributed by atoms with Crippen LogP contribution in [0.15, 0.2) is 62.1 Å². The minimum absolute atomic E-state index is 0.207. The lowest BCUT2D eigenvalue weighted by molar-refractivity contribution is 0.301. The van der Waals surface area contributed by atoms with E-state index in [-0.39, 0.29) is 11.6 Å². The highest BCUT2D eigenvalue weighted by Gasteiger charge is 2.53. The van der Waals surface area contributed by atoms with Crippen molar-refractivity contribution in [1.82, 2.24) is 28.0 Å². The van der Waals surface area contributed by atoms with Crippen LogP contribution in [0.5, 0.6) is 0 Å². The lowest BCUT2D eigenvalue weighted by atomic mass is 10.2. The summed E-state index contributed by atoms with van der Waals surface area (Å²) in [5.41, 5.74) is 2.19. The van der Waals surface area contributed by atoms with E-state index >= 15 is 0 Å². The summed E-state index contributed by atoms with van der Waals surface area (Å²) in [4.78, 5) is 0. The Morgan fingerprint density at radius 2 is 0.702 bits per heavy atom. The van der Waals surface area contributed by atoms with E-state index < -0.39 is 22.5 Å². The molecule has 8 rings (SSSR count). The zero-order valence-corrected chi connectivity index (χ0v) is 30.3. The normalized spacial score (nSPS) is 27.3. The van der Waals surface area contributed by atoms with Crippen molar-refractivity contribution in [2.75, 3.05) is 65.4 Å². The van der Waals surface area contributed by atoms with Gasteiger partial charge in [0.05, 0.1) is 0 Å². The van der Waals surface area contributed by atoms with Gasteiger partial charge in [-0.05, 0) is 93.2 Å². The SMILES string of the molecule is Fc1ccc(CN2CCCN(Cc3ccc(F)cc3)P23=NP(N2CCCC2)(N2CCCC2)=NP(N2CCCC2)(N2CCCC2)=N3)cc1. The molecule has 9 nitrogen and oxygen atoms in total. The van der Waals surface area contributed by atoms with E-state index in [9.17, 15) is 8.78 Å². The first kappa shape index (κ1) is 32.9. The number of hydrogen-bond donors (Lipinski definition) is 0. The number of rotatable bonds is 8. The molecule has 6 aliphatic heterocycles. The lowest BCUT2D eigenvalue weighted by Gasteiger charge is -2.53. The van der Waals surface area contributed by atoms with Gasteiger partial charge in [-0.15, -0.1) is 0 Å². The van der Waals surface area contributed by atoms with Crippen LogP contribution in [-0.4, -0.2) is 93.5 Å². The molecule has 47 heavy (non-hydrogen) atoms. The van der Waals surface area contributed by atoms with Gasteiger partial charge in [0.15, 0.2) is 0 Å². The van der Waals surface area contributed by atoms with E-state index in [2.05, 4.69) is 28.0 Å². The predicted octanol–water partition coefficient (Wildman–Crippen LogP) is 8.91. The Morgan fingerprint density at radius 3 is 1.04 bits per heavy atom. The largest absolute Gasteiger partial charge is 0.240 e. The van der Waals surface area contributed by atoms with Crippen molar-refractivity contribution in [3.8, 4) is 0 Å². The Balaban J connectivity index is 1.41. The second kappa shape index (κ2) is 13.8. The summed E-state index contributed by atoms with van der Waals surface area (Å²) < 4.78 is 63.4. The predicted molar refractivity (Wildman–Crippen MR) is 190 cm³/mol. The fourth-order valence-corrected chi connectivity index (χ4v) is 24.8. The number of halogens is 2. The van der Waals surface area contributed by atoms with Gasteiger partial charge in [0.2, 0.25) is 22.5 Å². The quantitative estimate of drug-likeness (QED) is 0.256. The molecule has 0 radical (unpaired) electrons. The summed E-state index contributed by atoms with van der Waals surface area (Å²) in [6.07, 6.45) is 10.6. The molecule has 0 saturated carbocycles. The van der Waals surface area contributed by atoms with Crippen LogP contribution in [0.3, 0.4) is 0 Å². The lowest BCUT2D eigenvalue weighted by Crippen LogP contribution is -2.40. The van der Waals surface area contributed by atoms with E-state index in [1.807, 2.05) is 24.3 Å². The third-order valence-electron chi connectivity index (χ3n) is 10.7. The summed E-state index contributed by atoms with van der Waals surface area (Å²) >= 11 is 0. The average molecular weight is 704 g/mol. The topological polar surface area (TPSA) is 56.5 Å². The van der Waals surface area contributed by atoms with Crippen molar-refractivity contribution < 1.29 is 8.78 Å². The Bertz CT molecular complexity index is 1440. The van der Waals surface area contributed by atoms with Crippen LogP contribution >= 0.6 is 22.5 Å². The molecule has 0 N–H and O–H groups in total. The first-order chi connectivity index (χ1) is 23.0. The maximum Gasteiger partial charge on any atom is 0.221 e. The molecule has 14 heteroatoms. The molecule has 6 aliphatic rings. The molecular weight excluding hydrogens is 653 g/mol. The van der Waals surface area contributed by atoms with E-state index in [0.717, 1.165) is 83.0 Å². The molecule has 0 aliphatic carbocycles. The molecule has 6 heterocycles. The van der Waals surface area contributed by atoms with Gasteiger partial charge in [-0.25, -0.2) is 36.8 Å². The minimum atomic E-state index is -2.74. The van der Waals surface area contributed by atoms with Gasteiger partial charge < -0.3 is 0 Å². The first-order valence-electron chi connectivity index (χ1n) is 17.9. The van der Waals surface area contributed by atoms with Crippen LogP contribution in [0.25, 0.3) is 0 Å². The van der Waals surface area contributed by atoms with Crippen molar-refractivity contribution in [3.05, 3.63) is 71.3 Å². The van der Waals surface area contributed by atoms with Crippen molar-refractivity contribution in [3.63, 3.8) is 0 Å². The average Bonchev–Trinajstić information content (AvgIpc) is 3.93. The molecule has 5 saturated heterocycles. The smallest absolute Gasteiger partial charge is 0.221 e. The summed E-state index contributed by atoms with van der Waals surface area (Å²) in [5.74, 6) is -0.414. The number of hydrogen-bond acceptors (Lipinski definition) is 9. The molecule has 2 aromatic carbocycles. The van der Waals surface area contributed by atoms with Crippen molar-refractivity contribution in [2.24, 2.45) is 13.5 Å². The second-order valence-electron chi connectivity index (χ2n) is 13.9. The highest BCUT2D eigenvalue weighted by atomic mass is 31.3. The Morgan fingerprint density at radius 1 is 0.404 bits per heavy atom. The second-order valence-corrected chi connectivity index (χ2v) is 22.7. The van der Waals surface area contributed by atoms with Crippen LogP contribution in [0.4, 0.5) is 8.78 Å². The molecule has 0 unspecified atom stereocenters. The Labute approximate surface area is 279 Å². The van der Waals surface area contributed by atoms with Crippen molar-refractivity contribution in [1.29, 1.82) is 0 Å². The summed E-state index contributed by atoms with van der Waals surface area (Å²) in [6, 6.07) is 14.1. The van der Waals surface area contributed by atoms with Gasteiger partial charge in [-0.2, -0.15) is 13.5 Å². The van der Waals surface area contributed by atoms with Crippen LogP contribution in [0.1, 0.15) is 68.9 Å². The first-order valence-corrected chi connectivity index (χ1v) is 22.7. The van der Waals surface area contributed by atoms with Crippen LogP contribution in [0.2, 0.25) is 0 Å². The molecule has 1 spiro atoms. The summed E-state index contributed by atoms with van der Waals surface area (Å²) in [5, 5.41) is 0. The van der Waals surface area contributed by atoms with E-state index in [0.29, 0.717) is 13.1 Å². The van der Waals surface area contributed by atoms with Crippen LogP contribution < -0.4 is 0 Å². The molecule has 0 atom stereocenters. The molecule has 2 aromatic rings.